The number of fused-ring (bicyclic) bond motifs is 1. The molecule has 2 aromatic rings. The fourth-order valence-corrected chi connectivity index (χ4v) is 2.70. The molecular weight excluding hydrogens is 240 g/mol. The van der Waals surface area contributed by atoms with Crippen molar-refractivity contribution < 1.29 is 4.79 Å². The van der Waals surface area contributed by atoms with E-state index in [4.69, 9.17) is 0 Å². The molecule has 1 aliphatic heterocycles. The number of amides is 1. The van der Waals surface area contributed by atoms with Crippen molar-refractivity contribution in [2.24, 2.45) is 0 Å². The number of hydrogen-bond acceptors (Lipinski definition) is 3. The summed E-state index contributed by atoms with van der Waals surface area (Å²) < 4.78 is 0. The molecule has 0 unspecified atom stereocenters. The van der Waals surface area contributed by atoms with Gasteiger partial charge in [-0.15, -0.1) is 0 Å². The second-order valence-electron chi connectivity index (χ2n) is 4.99. The zero-order valence-electron chi connectivity index (χ0n) is 11.0. The molecule has 5 heteroatoms. The molecule has 0 aliphatic carbocycles. The van der Waals surface area contributed by atoms with E-state index in [1.54, 1.807) is 6.20 Å². The number of aromatic nitrogens is 2. The quantitative estimate of drug-likeness (QED) is 0.855. The molecule has 100 valence electrons. The molecule has 0 saturated carbocycles. The highest BCUT2D eigenvalue weighted by Crippen LogP contribution is 2.20. The van der Waals surface area contributed by atoms with Crippen LogP contribution < -0.4 is 5.32 Å². The van der Waals surface area contributed by atoms with Crippen molar-refractivity contribution in [3.8, 4) is 0 Å². The molecule has 2 N–H and O–H groups in total. The Labute approximate surface area is 112 Å². The van der Waals surface area contributed by atoms with Gasteiger partial charge in [0.05, 0.1) is 17.3 Å². The van der Waals surface area contributed by atoms with E-state index in [1.165, 1.54) is 0 Å². The largest absolute Gasteiger partial charge is 0.339 e. The Bertz CT molecular complexity index is 584. The van der Waals surface area contributed by atoms with Crippen LogP contribution in [0.1, 0.15) is 23.2 Å². The molecule has 2 heterocycles. The van der Waals surface area contributed by atoms with Crippen molar-refractivity contribution in [1.82, 2.24) is 20.4 Å². The summed E-state index contributed by atoms with van der Waals surface area (Å²) in [6.45, 7) is 1.64. The van der Waals surface area contributed by atoms with Crippen LogP contribution >= 0.6 is 0 Å². The highest BCUT2D eigenvalue weighted by molar-refractivity contribution is 6.06. The minimum absolute atomic E-state index is 0.113. The summed E-state index contributed by atoms with van der Waals surface area (Å²) in [5.74, 6) is 0.113. The molecule has 19 heavy (non-hydrogen) atoms. The Morgan fingerprint density at radius 3 is 2.95 bits per heavy atom. The van der Waals surface area contributed by atoms with Gasteiger partial charge in [0.2, 0.25) is 0 Å². The number of piperidine rings is 1. The summed E-state index contributed by atoms with van der Waals surface area (Å²) in [5, 5.41) is 11.1. The average Bonchev–Trinajstić information content (AvgIpc) is 2.95. The second kappa shape index (κ2) is 5.01. The van der Waals surface area contributed by atoms with Crippen LogP contribution in [0.5, 0.6) is 0 Å². The van der Waals surface area contributed by atoms with E-state index < -0.39 is 0 Å². The number of aromatic amines is 1. The third-order valence-electron chi connectivity index (χ3n) is 3.91. The minimum Gasteiger partial charge on any atom is -0.339 e. The number of carbonyl (C=O) groups is 1. The first-order chi connectivity index (χ1) is 9.29. The van der Waals surface area contributed by atoms with Crippen LogP contribution in [0.25, 0.3) is 10.9 Å². The van der Waals surface area contributed by atoms with E-state index in [0.717, 1.165) is 42.4 Å². The van der Waals surface area contributed by atoms with Gasteiger partial charge in [-0.3, -0.25) is 9.89 Å². The Morgan fingerprint density at radius 1 is 1.42 bits per heavy atom. The third-order valence-corrected chi connectivity index (χ3v) is 3.91. The number of H-pyrrole nitrogens is 1. The van der Waals surface area contributed by atoms with E-state index in [2.05, 4.69) is 15.5 Å². The number of benzene rings is 1. The summed E-state index contributed by atoms with van der Waals surface area (Å²) >= 11 is 0. The Balaban J connectivity index is 1.82. The average molecular weight is 258 g/mol. The van der Waals surface area contributed by atoms with Gasteiger partial charge < -0.3 is 10.2 Å². The molecule has 0 radical (unpaired) electrons. The van der Waals surface area contributed by atoms with E-state index in [0.29, 0.717) is 6.04 Å². The van der Waals surface area contributed by atoms with Gasteiger partial charge in [-0.05, 0) is 32.0 Å². The van der Waals surface area contributed by atoms with Crippen LogP contribution in [0.3, 0.4) is 0 Å². The number of nitrogens with one attached hydrogen (secondary N) is 2. The SMILES string of the molecule is CNC1CCN(C(=O)c2cccc3[nH]ncc23)CC1. The Kier molecular flexibility index (Phi) is 3.21. The van der Waals surface area contributed by atoms with E-state index in [-0.39, 0.29) is 5.91 Å². The third kappa shape index (κ3) is 2.21. The molecule has 1 aromatic carbocycles. The standard InChI is InChI=1S/C14H18N4O/c1-15-10-5-7-18(8-6-10)14(19)11-3-2-4-13-12(11)9-16-17-13/h2-4,9-10,15H,5-8H2,1H3,(H,16,17). The van der Waals surface area contributed by atoms with Crippen LogP contribution in [-0.2, 0) is 0 Å². The first kappa shape index (κ1) is 12.2. The Hall–Kier alpha value is -1.88. The topological polar surface area (TPSA) is 61.0 Å². The lowest BCUT2D eigenvalue weighted by atomic mass is 10.0. The van der Waals surface area contributed by atoms with Gasteiger partial charge in [-0.25, -0.2) is 0 Å². The molecule has 1 fully saturated rings. The maximum Gasteiger partial charge on any atom is 0.254 e. The molecule has 1 aromatic heterocycles. The zero-order chi connectivity index (χ0) is 13.2. The fourth-order valence-electron chi connectivity index (χ4n) is 2.70. The van der Waals surface area contributed by atoms with E-state index >= 15 is 0 Å². The van der Waals surface area contributed by atoms with Crippen molar-refractivity contribution in [3.63, 3.8) is 0 Å². The maximum absolute atomic E-state index is 12.6. The fraction of sp³-hybridized carbons (Fsp3) is 0.429. The molecule has 1 aliphatic rings. The molecule has 0 bridgehead atoms. The predicted octanol–water partition coefficient (Wildman–Crippen LogP) is 1.39. The zero-order valence-corrected chi connectivity index (χ0v) is 11.0. The van der Waals surface area contributed by atoms with Gasteiger partial charge in [0.1, 0.15) is 0 Å². The molecular formula is C14H18N4O. The first-order valence-corrected chi connectivity index (χ1v) is 6.68. The predicted molar refractivity (Wildman–Crippen MR) is 74.1 cm³/mol. The molecule has 0 atom stereocenters. The number of likely N-dealkylation sites (tertiary alicyclic amines) is 1. The lowest BCUT2D eigenvalue weighted by molar-refractivity contribution is 0.0709. The lowest BCUT2D eigenvalue weighted by Crippen LogP contribution is -2.43. The van der Waals surface area contributed by atoms with Crippen molar-refractivity contribution in [1.29, 1.82) is 0 Å². The van der Waals surface area contributed by atoms with Crippen LogP contribution in [0.15, 0.2) is 24.4 Å². The first-order valence-electron chi connectivity index (χ1n) is 6.68. The van der Waals surface area contributed by atoms with Gasteiger partial charge >= 0.3 is 0 Å². The van der Waals surface area contributed by atoms with E-state index in [1.807, 2.05) is 30.1 Å². The lowest BCUT2D eigenvalue weighted by Gasteiger charge is -2.32. The molecule has 5 nitrogen and oxygen atoms in total. The monoisotopic (exact) mass is 258 g/mol. The minimum atomic E-state index is 0.113. The smallest absolute Gasteiger partial charge is 0.254 e. The highest BCUT2D eigenvalue weighted by atomic mass is 16.2. The molecule has 0 spiro atoms. The summed E-state index contributed by atoms with van der Waals surface area (Å²) in [5.41, 5.74) is 1.66. The van der Waals surface area contributed by atoms with Crippen molar-refractivity contribution >= 4 is 16.8 Å². The van der Waals surface area contributed by atoms with Crippen LogP contribution in [0.4, 0.5) is 0 Å². The maximum atomic E-state index is 12.6. The highest BCUT2D eigenvalue weighted by Gasteiger charge is 2.23. The van der Waals surface area contributed by atoms with Gasteiger partial charge in [0, 0.05) is 24.5 Å². The van der Waals surface area contributed by atoms with Gasteiger partial charge in [0.25, 0.3) is 5.91 Å². The number of nitrogens with zero attached hydrogens (tertiary/aromatic N) is 2. The summed E-state index contributed by atoms with van der Waals surface area (Å²) in [6, 6.07) is 6.25. The van der Waals surface area contributed by atoms with Gasteiger partial charge in [-0.2, -0.15) is 5.10 Å². The second-order valence-corrected chi connectivity index (χ2v) is 4.99. The van der Waals surface area contributed by atoms with Crippen LogP contribution in [-0.4, -0.2) is 47.2 Å². The number of hydrogen-bond donors (Lipinski definition) is 2. The Morgan fingerprint density at radius 2 is 2.21 bits per heavy atom. The van der Waals surface area contributed by atoms with Crippen molar-refractivity contribution in [2.45, 2.75) is 18.9 Å². The summed E-state index contributed by atoms with van der Waals surface area (Å²) in [4.78, 5) is 14.5. The van der Waals surface area contributed by atoms with E-state index in [9.17, 15) is 4.79 Å². The molecule has 1 saturated heterocycles. The van der Waals surface area contributed by atoms with Gasteiger partial charge in [-0.1, -0.05) is 6.07 Å². The molecule has 3 rings (SSSR count). The summed E-state index contributed by atoms with van der Waals surface area (Å²) in [6.07, 6.45) is 3.76. The van der Waals surface area contributed by atoms with Crippen molar-refractivity contribution in [2.75, 3.05) is 20.1 Å². The van der Waals surface area contributed by atoms with Crippen LogP contribution in [0, 0.1) is 0 Å². The van der Waals surface area contributed by atoms with Crippen LogP contribution in [0.2, 0.25) is 0 Å². The van der Waals surface area contributed by atoms with Crippen molar-refractivity contribution in [3.05, 3.63) is 30.0 Å². The summed E-state index contributed by atoms with van der Waals surface area (Å²) in [7, 11) is 1.98. The number of carbonyl (C=O) groups excluding carboxylic acids is 1. The molecule has 1 amide bonds. The number of rotatable bonds is 2. The van der Waals surface area contributed by atoms with Gasteiger partial charge in [0.15, 0.2) is 0 Å². The normalized spacial score (nSPS) is 17.0.